The van der Waals surface area contributed by atoms with Gasteiger partial charge in [0.25, 0.3) is 0 Å². The number of ether oxygens (including phenoxy) is 1. The van der Waals surface area contributed by atoms with Crippen LogP contribution in [-0.2, 0) is 21.5 Å². The number of imide groups is 1. The number of nitriles is 1. The van der Waals surface area contributed by atoms with Crippen LogP contribution >= 0.6 is 11.6 Å². The molecule has 2 fully saturated rings. The van der Waals surface area contributed by atoms with E-state index < -0.39 is 17.7 Å². The van der Waals surface area contributed by atoms with Crippen LogP contribution in [0.4, 0.5) is 0 Å². The summed E-state index contributed by atoms with van der Waals surface area (Å²) < 4.78 is 6.13. The lowest BCUT2D eigenvalue weighted by molar-refractivity contribution is -0.141. The molecule has 0 aromatic heterocycles. The van der Waals surface area contributed by atoms with E-state index >= 15 is 0 Å². The number of carbonyl (C=O) groups excluding carboxylic acids is 2. The number of aliphatic hydroxyl groups is 1. The van der Waals surface area contributed by atoms with Crippen LogP contribution in [0.2, 0.25) is 5.02 Å². The number of nitrogens with one attached hydrogen (secondary N) is 1. The second-order valence-corrected chi connectivity index (χ2v) is 10.5. The normalized spacial score (nSPS) is 23.8. The second-order valence-electron chi connectivity index (χ2n) is 10.1. The molecule has 2 aromatic rings. The summed E-state index contributed by atoms with van der Waals surface area (Å²) in [6, 6.07) is 15.3. The Morgan fingerprint density at radius 1 is 1.19 bits per heavy atom. The molecular weight excluding hydrogens is 492 g/mol. The van der Waals surface area contributed by atoms with E-state index in [4.69, 9.17) is 16.3 Å². The van der Waals surface area contributed by atoms with Crippen molar-refractivity contribution in [2.45, 2.75) is 56.3 Å². The molecule has 5 rings (SSSR count). The van der Waals surface area contributed by atoms with Gasteiger partial charge in [-0.3, -0.25) is 19.8 Å². The van der Waals surface area contributed by atoms with Crippen LogP contribution in [0.25, 0.3) is 0 Å². The molecule has 9 heteroatoms. The first-order valence-electron chi connectivity index (χ1n) is 12.8. The van der Waals surface area contributed by atoms with Crippen molar-refractivity contribution in [1.29, 1.82) is 5.26 Å². The van der Waals surface area contributed by atoms with Crippen molar-refractivity contribution in [2.75, 3.05) is 26.2 Å². The summed E-state index contributed by atoms with van der Waals surface area (Å²) in [4.78, 5) is 28.0. The summed E-state index contributed by atoms with van der Waals surface area (Å²) in [5.74, 6) is 0.0882. The number of aliphatic hydroxyl groups excluding tert-OH is 1. The zero-order chi connectivity index (χ0) is 26.0. The van der Waals surface area contributed by atoms with E-state index in [1.807, 2.05) is 42.5 Å². The second kappa shape index (κ2) is 10.8. The molecule has 2 atom stereocenters. The van der Waals surface area contributed by atoms with Gasteiger partial charge in [0.05, 0.1) is 24.1 Å². The molecule has 8 nitrogen and oxygen atoms in total. The lowest BCUT2D eigenvalue weighted by Gasteiger charge is -2.37. The van der Waals surface area contributed by atoms with E-state index in [1.54, 1.807) is 4.90 Å². The molecule has 0 bridgehead atoms. The first kappa shape index (κ1) is 25.7. The van der Waals surface area contributed by atoms with Crippen LogP contribution < -0.4 is 10.1 Å². The number of hydrogen-bond acceptors (Lipinski definition) is 7. The first-order chi connectivity index (χ1) is 17.9. The average Bonchev–Trinajstić information content (AvgIpc) is 3.24. The number of hydrogen-bond donors (Lipinski definition) is 2. The van der Waals surface area contributed by atoms with Crippen LogP contribution in [0.3, 0.4) is 0 Å². The molecule has 37 heavy (non-hydrogen) atoms. The predicted octanol–water partition coefficient (Wildman–Crippen LogP) is 3.28. The van der Waals surface area contributed by atoms with E-state index in [9.17, 15) is 20.0 Å². The topological polar surface area (TPSA) is 106 Å². The fraction of sp³-hybridized carbons (Fsp3) is 0.464. The third-order valence-corrected chi connectivity index (χ3v) is 8.12. The largest absolute Gasteiger partial charge is 0.493 e. The minimum absolute atomic E-state index is 0.268. The molecule has 2 N–H and O–H groups in total. The molecule has 2 amide bonds. The highest BCUT2D eigenvalue weighted by Crippen LogP contribution is 2.40. The van der Waals surface area contributed by atoms with Crippen LogP contribution in [0, 0.1) is 11.3 Å². The Balaban J connectivity index is 1.13. The van der Waals surface area contributed by atoms with Gasteiger partial charge in [-0.05, 0) is 62.5 Å². The zero-order valence-corrected chi connectivity index (χ0v) is 21.4. The SMILES string of the molecule is N#CC1(c2cccc(Cl)c2)CCN(CCCOc2cccc3c2CN(C2CCC(=O)NC2=O)C3O)CC1. The van der Waals surface area contributed by atoms with Crippen molar-refractivity contribution >= 4 is 23.4 Å². The van der Waals surface area contributed by atoms with Crippen LogP contribution in [0.15, 0.2) is 42.5 Å². The summed E-state index contributed by atoms with van der Waals surface area (Å²) in [7, 11) is 0. The third kappa shape index (κ3) is 5.23. The Morgan fingerprint density at radius 3 is 2.70 bits per heavy atom. The smallest absolute Gasteiger partial charge is 0.244 e. The van der Waals surface area contributed by atoms with E-state index in [1.165, 1.54) is 0 Å². The maximum atomic E-state index is 12.3. The summed E-state index contributed by atoms with van der Waals surface area (Å²) in [6.07, 6.45) is 2.13. The van der Waals surface area contributed by atoms with Crippen molar-refractivity contribution in [1.82, 2.24) is 15.1 Å². The van der Waals surface area contributed by atoms with Crippen LogP contribution in [-0.4, -0.2) is 59.0 Å². The standard InChI is InChI=1S/C28H31ClN4O4/c29-20-5-1-4-19(16-20)28(18-30)10-13-32(14-11-28)12-3-15-37-24-7-2-6-21-22(24)17-33(27(21)36)23-8-9-25(34)31-26(23)35/h1-2,4-7,16,23,27,36H,3,8-15,17H2,(H,31,34,35). The molecule has 3 aliphatic heterocycles. The Morgan fingerprint density at radius 2 is 1.97 bits per heavy atom. The molecule has 0 aliphatic carbocycles. The molecule has 0 saturated carbocycles. The van der Waals surface area contributed by atoms with Gasteiger partial charge in [0, 0.05) is 35.7 Å². The molecule has 3 aliphatic rings. The molecule has 0 spiro atoms. The van der Waals surface area contributed by atoms with Gasteiger partial charge in [-0.25, -0.2) is 0 Å². The maximum Gasteiger partial charge on any atom is 0.244 e. The Hall–Kier alpha value is -2.96. The average molecular weight is 523 g/mol. The number of likely N-dealkylation sites (tertiary alicyclic amines) is 1. The molecule has 0 radical (unpaired) electrons. The van der Waals surface area contributed by atoms with Gasteiger partial charge in [-0.1, -0.05) is 35.9 Å². The van der Waals surface area contributed by atoms with Crippen molar-refractivity contribution in [3.8, 4) is 11.8 Å². The predicted molar refractivity (Wildman–Crippen MR) is 138 cm³/mol. The number of fused-ring (bicyclic) bond motifs is 1. The van der Waals surface area contributed by atoms with Gasteiger partial charge in [0.1, 0.15) is 12.0 Å². The van der Waals surface area contributed by atoms with E-state index in [-0.39, 0.29) is 18.2 Å². The molecule has 2 saturated heterocycles. The van der Waals surface area contributed by atoms with Crippen molar-refractivity contribution in [3.63, 3.8) is 0 Å². The number of rotatable bonds is 7. The van der Waals surface area contributed by atoms with Gasteiger partial charge >= 0.3 is 0 Å². The number of halogens is 1. The molecule has 2 aromatic carbocycles. The number of piperidine rings is 2. The third-order valence-electron chi connectivity index (χ3n) is 7.89. The number of amides is 2. The summed E-state index contributed by atoms with van der Waals surface area (Å²) >= 11 is 6.17. The highest BCUT2D eigenvalue weighted by atomic mass is 35.5. The number of nitrogens with zero attached hydrogens (tertiary/aromatic N) is 3. The van der Waals surface area contributed by atoms with Gasteiger partial charge in [0.2, 0.25) is 11.8 Å². The summed E-state index contributed by atoms with van der Waals surface area (Å²) in [6.45, 7) is 3.48. The van der Waals surface area contributed by atoms with E-state index in [0.717, 1.165) is 61.3 Å². The summed E-state index contributed by atoms with van der Waals surface area (Å²) in [5, 5.41) is 23.8. The van der Waals surface area contributed by atoms with E-state index in [2.05, 4.69) is 16.3 Å². The molecular formula is C28H31ClN4O4. The van der Waals surface area contributed by atoms with E-state index in [0.29, 0.717) is 24.6 Å². The van der Waals surface area contributed by atoms with Crippen molar-refractivity contribution in [3.05, 3.63) is 64.2 Å². The highest BCUT2D eigenvalue weighted by Gasteiger charge is 2.41. The highest BCUT2D eigenvalue weighted by molar-refractivity contribution is 6.30. The van der Waals surface area contributed by atoms with Gasteiger partial charge in [-0.15, -0.1) is 0 Å². The van der Waals surface area contributed by atoms with Crippen LogP contribution in [0.5, 0.6) is 5.75 Å². The Bertz CT molecular complexity index is 1220. The van der Waals surface area contributed by atoms with Crippen LogP contribution in [0.1, 0.15) is 55.0 Å². The maximum absolute atomic E-state index is 12.3. The van der Waals surface area contributed by atoms with Gasteiger partial charge in [-0.2, -0.15) is 5.26 Å². The summed E-state index contributed by atoms with van der Waals surface area (Å²) in [5.41, 5.74) is 2.14. The molecule has 2 unspecified atom stereocenters. The van der Waals surface area contributed by atoms with Crippen molar-refractivity contribution in [2.24, 2.45) is 0 Å². The van der Waals surface area contributed by atoms with Gasteiger partial charge < -0.3 is 14.7 Å². The Kier molecular flexibility index (Phi) is 7.50. The zero-order valence-electron chi connectivity index (χ0n) is 20.7. The van der Waals surface area contributed by atoms with Gasteiger partial charge in [0.15, 0.2) is 0 Å². The Labute approximate surface area is 221 Å². The minimum atomic E-state index is -0.907. The lowest BCUT2D eigenvalue weighted by atomic mass is 9.74. The fourth-order valence-electron chi connectivity index (χ4n) is 5.74. The molecule has 194 valence electrons. The lowest BCUT2D eigenvalue weighted by Crippen LogP contribution is -2.51. The first-order valence-corrected chi connectivity index (χ1v) is 13.2. The fourth-order valence-corrected chi connectivity index (χ4v) is 5.93. The number of benzene rings is 2. The monoisotopic (exact) mass is 522 g/mol. The molecule has 3 heterocycles. The van der Waals surface area contributed by atoms with Crippen molar-refractivity contribution < 1.29 is 19.4 Å². The quantitative estimate of drug-likeness (QED) is 0.424. The number of carbonyl (C=O) groups is 2. The minimum Gasteiger partial charge on any atom is -0.493 e.